The molecule has 0 atom stereocenters. The van der Waals surface area contributed by atoms with Crippen LogP contribution in [0.25, 0.3) is 10.9 Å². The molecular formula is C16H18ClFN2O3. The van der Waals surface area contributed by atoms with Gasteiger partial charge in [0.05, 0.1) is 17.0 Å². The van der Waals surface area contributed by atoms with Gasteiger partial charge in [-0.3, -0.25) is 9.59 Å². The van der Waals surface area contributed by atoms with E-state index in [2.05, 4.69) is 10.3 Å². The van der Waals surface area contributed by atoms with E-state index in [1.807, 2.05) is 13.8 Å². The van der Waals surface area contributed by atoms with Crippen molar-refractivity contribution in [3.05, 3.63) is 34.7 Å². The number of carbonyl (C=O) groups excluding carboxylic acids is 1. The summed E-state index contributed by atoms with van der Waals surface area (Å²) in [7, 11) is 0. The van der Waals surface area contributed by atoms with E-state index in [4.69, 9.17) is 16.7 Å². The molecule has 0 radical (unpaired) electrons. The van der Waals surface area contributed by atoms with Gasteiger partial charge in [0.1, 0.15) is 11.5 Å². The Balaban J connectivity index is 2.36. The predicted octanol–water partition coefficient (Wildman–Crippen LogP) is 3.72. The highest BCUT2D eigenvalue weighted by molar-refractivity contribution is 6.38. The van der Waals surface area contributed by atoms with Gasteiger partial charge >= 0.3 is 5.97 Å². The lowest BCUT2D eigenvalue weighted by Gasteiger charge is -2.31. The number of carboxylic acid groups (broad SMARTS) is 1. The highest BCUT2D eigenvalue weighted by atomic mass is 35.5. The number of H-pyrrole nitrogens is 1. The third-order valence-electron chi connectivity index (χ3n) is 4.15. The van der Waals surface area contributed by atoms with Gasteiger partial charge < -0.3 is 15.4 Å². The fourth-order valence-corrected chi connectivity index (χ4v) is 2.89. The van der Waals surface area contributed by atoms with Gasteiger partial charge in [0, 0.05) is 10.9 Å². The molecule has 0 fully saturated rings. The minimum atomic E-state index is -0.987. The Morgan fingerprint density at radius 3 is 2.57 bits per heavy atom. The maximum absolute atomic E-state index is 13.3. The molecule has 0 aliphatic heterocycles. The van der Waals surface area contributed by atoms with Crippen molar-refractivity contribution in [3.8, 4) is 0 Å². The molecular weight excluding hydrogens is 323 g/mol. The SMILES string of the molecule is CCC(CC)(CC(=O)O)NC(=O)c1[nH]c2ccc(F)cc2c1Cl. The van der Waals surface area contributed by atoms with Crippen LogP contribution in [-0.4, -0.2) is 27.5 Å². The van der Waals surface area contributed by atoms with Crippen LogP contribution in [0.15, 0.2) is 18.2 Å². The standard InChI is InChI=1S/C16H18ClFN2O3/c1-3-16(4-2,8-12(21)22)20-15(23)14-13(17)10-7-9(18)5-6-11(10)19-14/h5-7,19H,3-4,8H2,1-2H3,(H,20,23)(H,21,22). The first kappa shape index (κ1) is 17.3. The van der Waals surface area contributed by atoms with E-state index in [0.29, 0.717) is 23.7 Å². The topological polar surface area (TPSA) is 82.2 Å². The number of hydrogen-bond acceptors (Lipinski definition) is 2. The molecule has 0 saturated heterocycles. The molecule has 3 N–H and O–H groups in total. The van der Waals surface area contributed by atoms with E-state index in [9.17, 15) is 14.0 Å². The molecule has 0 unspecified atom stereocenters. The van der Waals surface area contributed by atoms with Crippen LogP contribution in [0, 0.1) is 5.82 Å². The van der Waals surface area contributed by atoms with Crippen molar-refractivity contribution in [2.75, 3.05) is 0 Å². The van der Waals surface area contributed by atoms with Crippen molar-refractivity contribution in [2.45, 2.75) is 38.6 Å². The Hall–Kier alpha value is -2.08. The second-order valence-corrected chi connectivity index (χ2v) is 5.89. The number of aromatic amines is 1. The molecule has 2 rings (SSSR count). The van der Waals surface area contributed by atoms with Gasteiger partial charge in [-0.1, -0.05) is 25.4 Å². The van der Waals surface area contributed by atoms with Crippen LogP contribution in [0.4, 0.5) is 4.39 Å². The highest BCUT2D eigenvalue weighted by Gasteiger charge is 2.32. The molecule has 7 heteroatoms. The van der Waals surface area contributed by atoms with Gasteiger partial charge in [0.2, 0.25) is 0 Å². The number of rotatable bonds is 6. The lowest BCUT2D eigenvalue weighted by molar-refractivity contribution is -0.138. The first-order valence-corrected chi connectivity index (χ1v) is 7.70. The Morgan fingerprint density at radius 1 is 1.35 bits per heavy atom. The van der Waals surface area contributed by atoms with Crippen molar-refractivity contribution in [3.63, 3.8) is 0 Å². The zero-order valence-corrected chi connectivity index (χ0v) is 13.6. The smallest absolute Gasteiger partial charge is 0.305 e. The fraction of sp³-hybridized carbons (Fsp3) is 0.375. The molecule has 0 aliphatic rings. The summed E-state index contributed by atoms with van der Waals surface area (Å²) in [5.74, 6) is -1.94. The second-order valence-electron chi connectivity index (χ2n) is 5.52. The normalized spacial score (nSPS) is 11.7. The lowest BCUT2D eigenvalue weighted by atomic mass is 9.89. The number of benzene rings is 1. The molecule has 124 valence electrons. The lowest BCUT2D eigenvalue weighted by Crippen LogP contribution is -2.49. The minimum absolute atomic E-state index is 0.101. The number of aliphatic carboxylic acids is 1. The fourth-order valence-electron chi connectivity index (χ4n) is 2.60. The molecule has 0 spiro atoms. The summed E-state index contributed by atoms with van der Waals surface area (Å²) in [6, 6.07) is 4.01. The van der Waals surface area contributed by atoms with Crippen LogP contribution in [-0.2, 0) is 4.79 Å². The van der Waals surface area contributed by atoms with Crippen molar-refractivity contribution >= 4 is 34.4 Å². The number of carbonyl (C=O) groups is 2. The Bertz CT molecular complexity index is 753. The average Bonchev–Trinajstić information content (AvgIpc) is 2.83. The van der Waals surface area contributed by atoms with E-state index >= 15 is 0 Å². The van der Waals surface area contributed by atoms with Gasteiger partial charge in [0.25, 0.3) is 5.91 Å². The van der Waals surface area contributed by atoms with Crippen molar-refractivity contribution in [1.29, 1.82) is 0 Å². The summed E-state index contributed by atoms with van der Waals surface area (Å²) in [6.45, 7) is 3.63. The van der Waals surface area contributed by atoms with Crippen molar-refractivity contribution in [2.24, 2.45) is 0 Å². The van der Waals surface area contributed by atoms with E-state index in [1.54, 1.807) is 0 Å². The first-order chi connectivity index (χ1) is 10.8. The highest BCUT2D eigenvalue weighted by Crippen LogP contribution is 2.29. The molecule has 1 heterocycles. The molecule has 1 aromatic heterocycles. The quantitative estimate of drug-likeness (QED) is 0.749. The number of nitrogens with one attached hydrogen (secondary N) is 2. The predicted molar refractivity (Wildman–Crippen MR) is 86.3 cm³/mol. The molecule has 2 aromatic rings. The third kappa shape index (κ3) is 3.47. The van der Waals surface area contributed by atoms with Crippen LogP contribution in [0.2, 0.25) is 5.02 Å². The number of aromatic nitrogens is 1. The number of hydrogen-bond donors (Lipinski definition) is 3. The summed E-state index contributed by atoms with van der Waals surface area (Å²) in [5, 5.41) is 12.4. The number of carboxylic acids is 1. The average molecular weight is 341 g/mol. The van der Waals surface area contributed by atoms with Crippen LogP contribution in [0.1, 0.15) is 43.6 Å². The summed E-state index contributed by atoms with van der Waals surface area (Å²) < 4.78 is 13.3. The van der Waals surface area contributed by atoms with E-state index in [-0.39, 0.29) is 17.1 Å². The molecule has 1 aromatic carbocycles. The van der Waals surface area contributed by atoms with Gasteiger partial charge in [-0.25, -0.2) is 4.39 Å². The van der Waals surface area contributed by atoms with Crippen molar-refractivity contribution in [1.82, 2.24) is 10.3 Å². The van der Waals surface area contributed by atoms with Crippen LogP contribution in [0.3, 0.4) is 0 Å². The number of fused-ring (bicyclic) bond motifs is 1. The van der Waals surface area contributed by atoms with Gasteiger partial charge in [0.15, 0.2) is 0 Å². The molecule has 1 amide bonds. The monoisotopic (exact) mass is 340 g/mol. The van der Waals surface area contributed by atoms with Crippen molar-refractivity contribution < 1.29 is 19.1 Å². The molecule has 0 saturated carbocycles. The van der Waals surface area contributed by atoms with E-state index in [1.165, 1.54) is 18.2 Å². The van der Waals surface area contributed by atoms with Crippen LogP contribution in [0.5, 0.6) is 0 Å². The van der Waals surface area contributed by atoms with Gasteiger partial charge in [-0.05, 0) is 31.0 Å². The summed E-state index contributed by atoms with van der Waals surface area (Å²) >= 11 is 6.17. The Morgan fingerprint density at radius 2 is 2.00 bits per heavy atom. The minimum Gasteiger partial charge on any atom is -0.481 e. The van der Waals surface area contributed by atoms with Crippen LogP contribution >= 0.6 is 11.6 Å². The van der Waals surface area contributed by atoms with Crippen LogP contribution < -0.4 is 5.32 Å². The second kappa shape index (κ2) is 6.58. The van der Waals surface area contributed by atoms with E-state index < -0.39 is 23.2 Å². The van der Waals surface area contributed by atoms with Gasteiger partial charge in [-0.15, -0.1) is 0 Å². The zero-order valence-electron chi connectivity index (χ0n) is 12.9. The Labute approximate surface area is 137 Å². The van der Waals surface area contributed by atoms with E-state index in [0.717, 1.165) is 0 Å². The zero-order chi connectivity index (χ0) is 17.2. The van der Waals surface area contributed by atoms with Gasteiger partial charge in [-0.2, -0.15) is 0 Å². The largest absolute Gasteiger partial charge is 0.481 e. The summed E-state index contributed by atoms with van der Waals surface area (Å²) in [4.78, 5) is 26.4. The molecule has 0 aliphatic carbocycles. The Kier molecular flexibility index (Phi) is 4.94. The molecule has 5 nitrogen and oxygen atoms in total. The molecule has 0 bridgehead atoms. The summed E-state index contributed by atoms with van der Waals surface area (Å²) in [6.07, 6.45) is 0.750. The number of halogens is 2. The summed E-state index contributed by atoms with van der Waals surface area (Å²) in [5.41, 5.74) is -0.211. The first-order valence-electron chi connectivity index (χ1n) is 7.33. The third-order valence-corrected chi connectivity index (χ3v) is 4.54. The molecule has 23 heavy (non-hydrogen) atoms. The maximum Gasteiger partial charge on any atom is 0.305 e. The maximum atomic E-state index is 13.3. The number of amides is 1.